The number of nitrogens with one attached hydrogen (secondary N) is 1. The molecular weight excluding hydrogens is 567 g/mol. The van der Waals surface area contributed by atoms with Gasteiger partial charge in [0.2, 0.25) is 0 Å². The fourth-order valence-electron chi connectivity index (χ4n) is 3.94. The summed E-state index contributed by atoms with van der Waals surface area (Å²) in [5.74, 6) is -0.640. The van der Waals surface area contributed by atoms with E-state index in [9.17, 15) is 13.2 Å². The number of hydrogen-bond donors (Lipinski definition) is 1. The van der Waals surface area contributed by atoms with Crippen molar-refractivity contribution in [2.24, 2.45) is 5.10 Å². The first-order chi connectivity index (χ1) is 18.1. The van der Waals surface area contributed by atoms with Crippen LogP contribution in [0.2, 0.25) is 15.1 Å². The molecule has 4 aromatic rings. The van der Waals surface area contributed by atoms with Crippen LogP contribution in [0, 0.1) is 13.8 Å². The number of hydrazone groups is 1. The molecule has 1 heterocycles. The molecule has 0 saturated carbocycles. The normalized spacial score (nSPS) is 11.6. The summed E-state index contributed by atoms with van der Waals surface area (Å²) in [6.07, 6.45) is 1.50. The van der Waals surface area contributed by atoms with Gasteiger partial charge in [-0.05, 0) is 74.5 Å². The van der Waals surface area contributed by atoms with E-state index in [1.807, 2.05) is 48.7 Å². The van der Waals surface area contributed by atoms with E-state index in [1.165, 1.54) is 36.5 Å². The van der Waals surface area contributed by atoms with Crippen LogP contribution in [0.5, 0.6) is 0 Å². The molecule has 11 heteroatoms. The fraction of sp³-hybridized carbons (Fsp3) is 0.111. The first-order valence-corrected chi connectivity index (χ1v) is 13.9. The van der Waals surface area contributed by atoms with Crippen LogP contribution in [0.4, 0.5) is 5.69 Å². The maximum atomic E-state index is 13.4. The first kappa shape index (κ1) is 27.7. The number of aromatic nitrogens is 1. The van der Waals surface area contributed by atoms with Gasteiger partial charge >= 0.3 is 0 Å². The second kappa shape index (κ2) is 11.6. The lowest BCUT2D eigenvalue weighted by molar-refractivity contribution is -0.119. The van der Waals surface area contributed by atoms with Crippen LogP contribution < -0.4 is 9.73 Å². The van der Waals surface area contributed by atoms with Crippen LogP contribution in [0.1, 0.15) is 17.0 Å². The van der Waals surface area contributed by atoms with Crippen LogP contribution >= 0.6 is 34.8 Å². The molecule has 4 rings (SSSR count). The predicted molar refractivity (Wildman–Crippen MR) is 153 cm³/mol. The number of sulfonamides is 1. The van der Waals surface area contributed by atoms with E-state index in [1.54, 1.807) is 18.2 Å². The van der Waals surface area contributed by atoms with Crippen LogP contribution in [-0.4, -0.2) is 31.7 Å². The average molecular weight is 590 g/mol. The molecule has 0 unspecified atom stereocenters. The molecule has 0 spiro atoms. The van der Waals surface area contributed by atoms with Gasteiger partial charge in [0, 0.05) is 27.0 Å². The zero-order chi connectivity index (χ0) is 27.4. The number of carbonyl (C=O) groups excluding carboxylic acids is 1. The van der Waals surface area contributed by atoms with Crippen LogP contribution in [0.3, 0.4) is 0 Å². The van der Waals surface area contributed by atoms with E-state index in [0.717, 1.165) is 26.9 Å². The van der Waals surface area contributed by atoms with E-state index in [4.69, 9.17) is 34.8 Å². The third-order valence-electron chi connectivity index (χ3n) is 5.74. The van der Waals surface area contributed by atoms with Gasteiger partial charge in [0.05, 0.1) is 27.5 Å². The maximum Gasteiger partial charge on any atom is 0.264 e. The molecule has 1 N–H and O–H groups in total. The average Bonchev–Trinajstić information content (AvgIpc) is 3.15. The Bertz CT molecular complexity index is 1620. The zero-order valence-corrected chi connectivity index (χ0v) is 23.5. The highest BCUT2D eigenvalue weighted by Gasteiger charge is 2.27. The monoisotopic (exact) mass is 588 g/mol. The van der Waals surface area contributed by atoms with Gasteiger partial charge in [-0.15, -0.1) is 0 Å². The van der Waals surface area contributed by atoms with Crippen LogP contribution in [0.15, 0.2) is 88.9 Å². The van der Waals surface area contributed by atoms with Gasteiger partial charge in [0.1, 0.15) is 6.54 Å². The molecule has 0 bridgehead atoms. The summed E-state index contributed by atoms with van der Waals surface area (Å²) in [7, 11) is -4.12. The standard InChI is InChI=1S/C27H23Cl3N4O3S/c1-18-14-20(19(2)34(18)26-9-4-3-8-25(26)30)16-31-32-27(35)17-33(23-7-5-6-22(29)15-23)38(36,37)24-12-10-21(28)11-13-24/h3-16H,17H2,1-2H3,(H,32,35)/b31-16-. The van der Waals surface area contributed by atoms with E-state index in [2.05, 4.69) is 10.5 Å². The summed E-state index contributed by atoms with van der Waals surface area (Å²) in [5.41, 5.74) is 6.06. The molecule has 196 valence electrons. The second-order valence-electron chi connectivity index (χ2n) is 8.35. The van der Waals surface area contributed by atoms with Gasteiger partial charge in [0.25, 0.3) is 15.9 Å². The minimum Gasteiger partial charge on any atom is -0.316 e. The van der Waals surface area contributed by atoms with Crippen molar-refractivity contribution in [1.29, 1.82) is 0 Å². The van der Waals surface area contributed by atoms with Crippen molar-refractivity contribution in [3.63, 3.8) is 0 Å². The van der Waals surface area contributed by atoms with Crippen LogP contribution in [-0.2, 0) is 14.8 Å². The number of benzene rings is 3. The Labute approximate surface area is 236 Å². The van der Waals surface area contributed by atoms with Gasteiger partial charge in [-0.2, -0.15) is 5.10 Å². The van der Waals surface area contributed by atoms with Crippen molar-refractivity contribution in [3.8, 4) is 5.69 Å². The zero-order valence-electron chi connectivity index (χ0n) is 20.4. The quantitative estimate of drug-likeness (QED) is 0.191. The minimum absolute atomic E-state index is 0.0230. The Morgan fingerprint density at radius 1 is 0.947 bits per heavy atom. The van der Waals surface area contributed by atoms with E-state index in [-0.39, 0.29) is 10.6 Å². The number of hydrogen-bond acceptors (Lipinski definition) is 4. The Balaban J connectivity index is 1.56. The Hall–Kier alpha value is -3.30. The molecule has 38 heavy (non-hydrogen) atoms. The third kappa shape index (κ3) is 6.05. The molecule has 0 aliphatic carbocycles. The van der Waals surface area contributed by atoms with Crippen molar-refractivity contribution in [2.75, 3.05) is 10.8 Å². The fourth-order valence-corrected chi connectivity index (χ4v) is 5.89. The third-order valence-corrected chi connectivity index (χ3v) is 8.34. The minimum atomic E-state index is -4.12. The van der Waals surface area contributed by atoms with Crippen molar-refractivity contribution < 1.29 is 13.2 Å². The molecule has 7 nitrogen and oxygen atoms in total. The number of anilines is 1. The highest BCUT2D eigenvalue weighted by atomic mass is 35.5. The summed E-state index contributed by atoms with van der Waals surface area (Å²) in [6, 6.07) is 21.3. The SMILES string of the molecule is Cc1cc(/C=N\NC(=O)CN(c2cccc(Cl)c2)S(=O)(=O)c2ccc(Cl)cc2)c(C)n1-c1ccccc1Cl. The highest BCUT2D eigenvalue weighted by molar-refractivity contribution is 7.92. The second-order valence-corrected chi connectivity index (χ2v) is 11.5. The summed E-state index contributed by atoms with van der Waals surface area (Å²) in [5, 5.41) is 5.39. The number of halogens is 3. The highest BCUT2D eigenvalue weighted by Crippen LogP contribution is 2.27. The molecule has 0 aliphatic rings. The predicted octanol–water partition coefficient (Wildman–Crippen LogP) is 6.40. The van der Waals surface area contributed by atoms with Gasteiger partial charge in [-0.25, -0.2) is 13.8 Å². The molecule has 0 aliphatic heterocycles. The summed E-state index contributed by atoms with van der Waals surface area (Å²) in [6.45, 7) is 3.33. The molecule has 0 saturated heterocycles. The molecule has 0 radical (unpaired) electrons. The summed E-state index contributed by atoms with van der Waals surface area (Å²) < 4.78 is 29.8. The number of nitrogens with zero attached hydrogens (tertiary/aromatic N) is 3. The number of aryl methyl sites for hydroxylation is 1. The summed E-state index contributed by atoms with van der Waals surface area (Å²) >= 11 is 18.4. The lowest BCUT2D eigenvalue weighted by Gasteiger charge is -2.23. The van der Waals surface area contributed by atoms with Gasteiger partial charge in [-0.3, -0.25) is 9.10 Å². The largest absolute Gasteiger partial charge is 0.316 e. The van der Waals surface area contributed by atoms with Crippen molar-refractivity contribution >= 4 is 62.6 Å². The molecule has 0 fully saturated rings. The topological polar surface area (TPSA) is 83.8 Å². The first-order valence-electron chi connectivity index (χ1n) is 11.4. The van der Waals surface area contributed by atoms with Crippen molar-refractivity contribution in [1.82, 2.24) is 9.99 Å². The van der Waals surface area contributed by atoms with Gasteiger partial charge < -0.3 is 4.57 Å². The van der Waals surface area contributed by atoms with Gasteiger partial charge in [0.15, 0.2) is 0 Å². The smallest absolute Gasteiger partial charge is 0.264 e. The van der Waals surface area contributed by atoms with Crippen molar-refractivity contribution in [2.45, 2.75) is 18.7 Å². The van der Waals surface area contributed by atoms with Crippen LogP contribution in [0.25, 0.3) is 5.69 Å². The Morgan fingerprint density at radius 2 is 1.66 bits per heavy atom. The number of rotatable bonds is 8. The van der Waals surface area contributed by atoms with E-state index < -0.39 is 22.5 Å². The number of amides is 1. The summed E-state index contributed by atoms with van der Waals surface area (Å²) in [4.78, 5) is 12.8. The molecule has 1 amide bonds. The number of para-hydroxylation sites is 1. The molecule has 0 atom stereocenters. The molecule has 1 aromatic heterocycles. The Kier molecular flexibility index (Phi) is 8.47. The Morgan fingerprint density at radius 3 is 2.34 bits per heavy atom. The number of carbonyl (C=O) groups is 1. The van der Waals surface area contributed by atoms with Gasteiger partial charge in [-0.1, -0.05) is 53.0 Å². The lowest BCUT2D eigenvalue weighted by atomic mass is 10.2. The lowest BCUT2D eigenvalue weighted by Crippen LogP contribution is -2.39. The van der Waals surface area contributed by atoms with E-state index >= 15 is 0 Å². The molecule has 3 aromatic carbocycles. The maximum absolute atomic E-state index is 13.4. The van der Waals surface area contributed by atoms with E-state index in [0.29, 0.717) is 15.1 Å². The van der Waals surface area contributed by atoms with Crippen molar-refractivity contribution in [3.05, 3.63) is 111 Å². The molecular formula is C27H23Cl3N4O3S.